The number of aromatic amines is 1. The Labute approximate surface area is 293 Å². The van der Waals surface area contributed by atoms with E-state index in [2.05, 4.69) is 59.1 Å². The standard InChI is InChI=1S/C27H32Cl2N6O.C9H16N2O/c1-5-21(36)33-14-27(15-33)11-17(12-27)35-16(2)22(25(32-35)34-9-7-6-8-26(34,3)4)23-18-13-30-31-20(18)10-19(28)24(23)29;1-8(12)11-6-9(7-11)4-3-5-10(9)2/h5,10,13,17H,1,6-9,11-12,14-15H2,2-4H3,(H,30,31);3-7H2,1-2H3. The predicted molar refractivity (Wildman–Crippen MR) is 192 cm³/mol. The molecule has 4 saturated heterocycles. The van der Waals surface area contributed by atoms with Crippen molar-refractivity contribution in [3.8, 4) is 11.1 Å². The molecule has 48 heavy (non-hydrogen) atoms. The largest absolute Gasteiger partial charge is 0.350 e. The van der Waals surface area contributed by atoms with E-state index in [-0.39, 0.29) is 22.8 Å². The van der Waals surface area contributed by atoms with Crippen LogP contribution in [0, 0.1) is 12.3 Å². The number of nitrogens with zero attached hydrogens (tertiary/aromatic N) is 7. The minimum absolute atomic E-state index is 0.0143. The molecular weight excluding hydrogens is 647 g/mol. The van der Waals surface area contributed by atoms with E-state index in [1.54, 1.807) is 6.92 Å². The third-order valence-electron chi connectivity index (χ3n) is 12.0. The van der Waals surface area contributed by atoms with Gasteiger partial charge in [-0.3, -0.25) is 24.3 Å². The lowest BCUT2D eigenvalue weighted by molar-refractivity contribution is -0.149. The minimum Gasteiger partial charge on any atom is -0.350 e. The Hall–Kier alpha value is -3.08. The Morgan fingerprint density at radius 1 is 1.02 bits per heavy atom. The first-order valence-electron chi connectivity index (χ1n) is 17.3. The number of H-pyrrole nitrogens is 1. The van der Waals surface area contributed by atoms with E-state index < -0.39 is 0 Å². The van der Waals surface area contributed by atoms with E-state index in [1.165, 1.54) is 31.9 Å². The Morgan fingerprint density at radius 3 is 2.38 bits per heavy atom. The molecule has 0 bridgehead atoms. The van der Waals surface area contributed by atoms with Gasteiger partial charge in [0.25, 0.3) is 0 Å². The number of aromatic nitrogens is 4. The number of nitrogens with one attached hydrogen (secondary N) is 1. The van der Waals surface area contributed by atoms with Gasteiger partial charge >= 0.3 is 0 Å². The first-order valence-corrected chi connectivity index (χ1v) is 18.1. The fraction of sp³-hybridized carbons (Fsp3) is 0.611. The lowest BCUT2D eigenvalue weighted by Gasteiger charge is -2.58. The molecule has 2 aromatic heterocycles. The summed E-state index contributed by atoms with van der Waals surface area (Å²) >= 11 is 13.5. The quantitative estimate of drug-likeness (QED) is 0.315. The fourth-order valence-electron chi connectivity index (χ4n) is 9.05. The molecule has 0 unspecified atom stereocenters. The van der Waals surface area contributed by atoms with Gasteiger partial charge < -0.3 is 14.7 Å². The highest BCUT2D eigenvalue weighted by molar-refractivity contribution is 6.45. The van der Waals surface area contributed by atoms with E-state index in [0.29, 0.717) is 21.6 Å². The van der Waals surface area contributed by atoms with Gasteiger partial charge in [0.15, 0.2) is 5.82 Å². The second kappa shape index (κ2) is 12.1. The van der Waals surface area contributed by atoms with Crippen LogP contribution in [0.25, 0.3) is 22.0 Å². The van der Waals surface area contributed by atoms with Crippen LogP contribution in [0.5, 0.6) is 0 Å². The van der Waals surface area contributed by atoms with E-state index >= 15 is 0 Å². The predicted octanol–water partition coefficient (Wildman–Crippen LogP) is 6.47. The molecule has 4 aliphatic heterocycles. The minimum atomic E-state index is -0.0143. The van der Waals surface area contributed by atoms with Crippen LogP contribution in [0.4, 0.5) is 5.82 Å². The normalized spacial score (nSPS) is 22.7. The summed E-state index contributed by atoms with van der Waals surface area (Å²) in [6.07, 6.45) is 11.3. The van der Waals surface area contributed by atoms with Gasteiger partial charge in [0.2, 0.25) is 11.8 Å². The molecule has 6 heterocycles. The number of carbonyl (C=O) groups excluding carboxylic acids is 2. The number of amides is 2. The van der Waals surface area contributed by atoms with Crippen molar-refractivity contribution < 1.29 is 9.59 Å². The van der Waals surface area contributed by atoms with Gasteiger partial charge in [0.05, 0.1) is 33.3 Å². The van der Waals surface area contributed by atoms with E-state index in [4.69, 9.17) is 28.3 Å². The first-order chi connectivity index (χ1) is 22.8. The van der Waals surface area contributed by atoms with E-state index in [1.807, 2.05) is 22.1 Å². The first kappa shape index (κ1) is 33.4. The maximum absolute atomic E-state index is 12.0. The zero-order chi connectivity index (χ0) is 34.2. The number of fused-ring (bicyclic) bond motifs is 1. The van der Waals surface area contributed by atoms with Gasteiger partial charge in [-0.15, -0.1) is 0 Å². The van der Waals surface area contributed by atoms with Crippen molar-refractivity contribution in [2.24, 2.45) is 5.41 Å². The average molecular weight is 696 g/mol. The number of hydrogen-bond donors (Lipinski definition) is 1. The zero-order valence-electron chi connectivity index (χ0n) is 28.9. The van der Waals surface area contributed by atoms with E-state index in [0.717, 1.165) is 91.9 Å². The number of anilines is 1. The van der Waals surface area contributed by atoms with E-state index in [9.17, 15) is 9.59 Å². The van der Waals surface area contributed by atoms with Crippen LogP contribution >= 0.6 is 23.2 Å². The molecule has 5 aliphatic rings. The van der Waals surface area contributed by atoms with Crippen LogP contribution in [0.15, 0.2) is 24.9 Å². The number of piperidine rings is 1. The zero-order valence-corrected chi connectivity index (χ0v) is 30.4. The summed E-state index contributed by atoms with van der Waals surface area (Å²) < 4.78 is 2.21. The number of benzene rings is 1. The lowest BCUT2D eigenvalue weighted by Crippen LogP contribution is -2.67. The van der Waals surface area contributed by atoms with Gasteiger partial charge in [0, 0.05) is 72.8 Å². The molecule has 2 spiro atoms. The third-order valence-corrected chi connectivity index (χ3v) is 12.8. The molecule has 1 N–H and O–H groups in total. The number of hydrogen-bond acceptors (Lipinski definition) is 6. The molecule has 8 rings (SSSR count). The summed E-state index contributed by atoms with van der Waals surface area (Å²) in [7, 11) is 2.17. The molecule has 1 aliphatic carbocycles. The van der Waals surface area contributed by atoms with Gasteiger partial charge in [-0.2, -0.15) is 10.2 Å². The van der Waals surface area contributed by atoms with Crippen LogP contribution in [-0.2, 0) is 9.59 Å². The van der Waals surface area contributed by atoms with Crippen molar-refractivity contribution in [3.05, 3.63) is 40.7 Å². The number of halogens is 2. The van der Waals surface area contributed by atoms with Gasteiger partial charge in [-0.25, -0.2) is 0 Å². The average Bonchev–Trinajstić information content (AvgIpc) is 3.69. The highest BCUT2D eigenvalue weighted by atomic mass is 35.5. The summed E-state index contributed by atoms with van der Waals surface area (Å²) in [4.78, 5) is 31.6. The second-order valence-corrected chi connectivity index (χ2v) is 16.4. The highest BCUT2D eigenvalue weighted by Gasteiger charge is 2.55. The van der Waals surface area contributed by atoms with Crippen molar-refractivity contribution in [2.75, 3.05) is 51.2 Å². The maximum atomic E-state index is 12.0. The monoisotopic (exact) mass is 694 g/mol. The van der Waals surface area contributed by atoms with Gasteiger partial charge in [-0.05, 0) is 91.5 Å². The van der Waals surface area contributed by atoms with Crippen molar-refractivity contribution >= 4 is 51.7 Å². The Balaban J connectivity index is 0.000000255. The van der Waals surface area contributed by atoms with Crippen LogP contribution < -0.4 is 4.90 Å². The van der Waals surface area contributed by atoms with Gasteiger partial charge in [0.1, 0.15) is 0 Å². The molecule has 0 atom stereocenters. The molecule has 1 saturated carbocycles. The lowest BCUT2D eigenvalue weighted by atomic mass is 9.60. The Morgan fingerprint density at radius 2 is 1.75 bits per heavy atom. The maximum Gasteiger partial charge on any atom is 0.245 e. The Bertz CT molecular complexity index is 1760. The molecule has 1 aromatic carbocycles. The SMILES string of the molecule is C=CC(=O)N1CC2(CC(n3nc(N4CCCCC4(C)C)c(-c4c(Cl)c(Cl)cc5[nH]ncc45)c3C)C2)C1.CC(=O)N1CC2(CCCN2C)C1. The van der Waals surface area contributed by atoms with Crippen molar-refractivity contribution in [2.45, 2.75) is 89.8 Å². The summed E-state index contributed by atoms with van der Waals surface area (Å²) in [5.41, 5.74) is 4.45. The molecule has 3 aromatic rings. The topological polar surface area (TPSA) is 93.6 Å². The molecule has 0 radical (unpaired) electrons. The summed E-state index contributed by atoms with van der Waals surface area (Å²) in [5.74, 6) is 1.22. The molecule has 10 nitrogen and oxygen atoms in total. The number of likely N-dealkylation sites (tertiary alicyclic amines) is 3. The summed E-state index contributed by atoms with van der Waals surface area (Å²) in [6.45, 7) is 17.7. The molecule has 258 valence electrons. The third kappa shape index (κ3) is 5.42. The smallest absolute Gasteiger partial charge is 0.245 e. The number of likely N-dealkylation sites (N-methyl/N-ethyl adjacent to an activating group) is 1. The van der Waals surface area contributed by atoms with Gasteiger partial charge in [-0.1, -0.05) is 29.8 Å². The van der Waals surface area contributed by atoms with Crippen molar-refractivity contribution in [1.29, 1.82) is 0 Å². The summed E-state index contributed by atoms with van der Waals surface area (Å²) in [5, 5.41) is 14.6. The second-order valence-electron chi connectivity index (χ2n) is 15.6. The fourth-order valence-corrected chi connectivity index (χ4v) is 9.51. The molecule has 5 fully saturated rings. The Kier molecular flexibility index (Phi) is 8.39. The van der Waals surface area contributed by atoms with Crippen LogP contribution in [0.1, 0.15) is 77.5 Å². The van der Waals surface area contributed by atoms with Crippen LogP contribution in [0.2, 0.25) is 10.0 Å². The van der Waals surface area contributed by atoms with Crippen LogP contribution in [-0.4, -0.2) is 104 Å². The number of rotatable bonds is 4. The highest BCUT2D eigenvalue weighted by Crippen LogP contribution is 2.56. The number of carbonyl (C=O) groups is 2. The van der Waals surface area contributed by atoms with Crippen molar-refractivity contribution in [3.63, 3.8) is 0 Å². The van der Waals surface area contributed by atoms with Crippen molar-refractivity contribution in [1.82, 2.24) is 34.7 Å². The molecule has 12 heteroatoms. The van der Waals surface area contributed by atoms with Crippen LogP contribution in [0.3, 0.4) is 0 Å². The molecule has 2 amide bonds. The molecular formula is C36H48Cl2N8O2. The summed E-state index contributed by atoms with van der Waals surface area (Å²) in [6, 6.07) is 2.13.